The average Bonchev–Trinajstić information content (AvgIpc) is 3.72. The summed E-state index contributed by atoms with van der Waals surface area (Å²) in [5.74, 6) is 1.45. The van der Waals surface area contributed by atoms with E-state index in [0.29, 0.717) is 5.84 Å². The molecular weight excluding hydrogens is 743 g/mol. The van der Waals surface area contributed by atoms with E-state index in [1.165, 1.54) is 49.4 Å². The first-order valence-corrected chi connectivity index (χ1v) is 20.7. The van der Waals surface area contributed by atoms with Gasteiger partial charge in [-0.15, -0.1) is 0 Å². The number of furan rings is 1. The monoisotopic (exact) mass is 779 g/mol. The highest BCUT2D eigenvalue weighted by molar-refractivity contribution is 6.16. The second-order valence-electron chi connectivity index (χ2n) is 15.8. The van der Waals surface area contributed by atoms with Gasteiger partial charge in [-0.1, -0.05) is 176 Å². The molecule has 2 heterocycles. The molecule has 12 rings (SSSR count). The quantitative estimate of drug-likeness (QED) is 0.183. The molecule has 1 aliphatic heterocycles. The van der Waals surface area contributed by atoms with Crippen molar-refractivity contribution < 1.29 is 4.42 Å². The van der Waals surface area contributed by atoms with E-state index in [0.717, 1.165) is 60.8 Å². The van der Waals surface area contributed by atoms with Gasteiger partial charge in [0.25, 0.3) is 0 Å². The Morgan fingerprint density at radius 2 is 0.984 bits per heavy atom. The van der Waals surface area contributed by atoms with Crippen molar-refractivity contribution in [3.8, 4) is 33.4 Å². The number of amidine groups is 2. The van der Waals surface area contributed by atoms with Crippen LogP contribution >= 0.6 is 0 Å². The molecule has 0 saturated carbocycles. The third kappa shape index (κ3) is 6.16. The number of nitrogens with one attached hydrogen (secondary N) is 1. The number of benzene rings is 10. The fraction of sp³-hybridized carbons (Fsp3) is 0.0175. The van der Waals surface area contributed by atoms with Gasteiger partial charge in [0.05, 0.1) is 0 Å². The van der Waals surface area contributed by atoms with Gasteiger partial charge in [-0.25, -0.2) is 9.98 Å². The average molecular weight is 780 g/mol. The molecule has 1 aliphatic rings. The molecule has 1 N–H and O–H groups in total. The van der Waals surface area contributed by atoms with Crippen molar-refractivity contribution in [2.75, 3.05) is 0 Å². The van der Waals surface area contributed by atoms with Crippen LogP contribution < -0.4 is 5.32 Å². The number of rotatable bonds is 6. The molecule has 0 radical (unpaired) electrons. The number of aliphatic imine (C=N–C) groups is 2. The summed E-state index contributed by atoms with van der Waals surface area (Å²) < 4.78 is 6.71. The molecule has 4 heteroatoms. The zero-order valence-electron chi connectivity index (χ0n) is 33.1. The van der Waals surface area contributed by atoms with Crippen LogP contribution in [0.15, 0.2) is 227 Å². The first kappa shape index (κ1) is 34.9. The van der Waals surface area contributed by atoms with Gasteiger partial charge in [0.1, 0.15) is 23.2 Å². The maximum Gasteiger partial charge on any atom is 0.159 e. The van der Waals surface area contributed by atoms with Crippen molar-refractivity contribution in [1.82, 2.24) is 5.32 Å². The van der Waals surface area contributed by atoms with Gasteiger partial charge >= 0.3 is 0 Å². The second kappa shape index (κ2) is 14.3. The van der Waals surface area contributed by atoms with Crippen LogP contribution in [0.1, 0.15) is 22.9 Å². The minimum atomic E-state index is -0.432. The lowest BCUT2D eigenvalue weighted by molar-refractivity contribution is 0.662. The van der Waals surface area contributed by atoms with Crippen molar-refractivity contribution >= 4 is 65.9 Å². The highest BCUT2D eigenvalue weighted by Gasteiger charge is 2.25. The number of nitrogens with zero attached hydrogens (tertiary/aromatic N) is 2. The fourth-order valence-corrected chi connectivity index (χ4v) is 9.09. The van der Waals surface area contributed by atoms with Crippen LogP contribution in [0.5, 0.6) is 0 Å². The van der Waals surface area contributed by atoms with E-state index < -0.39 is 6.17 Å². The highest BCUT2D eigenvalue weighted by atomic mass is 16.3. The van der Waals surface area contributed by atoms with Crippen LogP contribution in [-0.4, -0.2) is 11.7 Å². The molecular formula is C57H37N3O. The molecule has 286 valence electrons. The van der Waals surface area contributed by atoms with Crippen molar-refractivity contribution in [2.24, 2.45) is 9.98 Å². The summed E-state index contributed by atoms with van der Waals surface area (Å²) in [5.41, 5.74) is 11.7. The van der Waals surface area contributed by atoms with Crippen molar-refractivity contribution in [3.05, 3.63) is 229 Å². The Morgan fingerprint density at radius 1 is 0.377 bits per heavy atom. The van der Waals surface area contributed by atoms with E-state index in [1.54, 1.807) is 0 Å². The highest BCUT2D eigenvalue weighted by Crippen LogP contribution is 2.40. The topological polar surface area (TPSA) is 49.9 Å². The van der Waals surface area contributed by atoms with E-state index in [9.17, 15) is 0 Å². The lowest BCUT2D eigenvalue weighted by atomic mass is 9.92. The summed E-state index contributed by atoms with van der Waals surface area (Å²) in [6, 6.07) is 75.3. The zero-order valence-corrected chi connectivity index (χ0v) is 33.1. The van der Waals surface area contributed by atoms with Crippen LogP contribution in [0.3, 0.4) is 0 Å². The van der Waals surface area contributed by atoms with Gasteiger partial charge in [-0.3, -0.25) is 0 Å². The lowest BCUT2D eigenvalue weighted by Gasteiger charge is -2.24. The molecule has 0 aliphatic carbocycles. The molecule has 1 atom stereocenters. The molecule has 11 aromatic rings. The Labute approximate surface area is 352 Å². The van der Waals surface area contributed by atoms with Gasteiger partial charge in [-0.2, -0.15) is 0 Å². The predicted octanol–water partition coefficient (Wildman–Crippen LogP) is 14.5. The Balaban J connectivity index is 0.984. The molecule has 0 fully saturated rings. The van der Waals surface area contributed by atoms with Crippen LogP contribution in [-0.2, 0) is 0 Å². The Kier molecular flexibility index (Phi) is 8.20. The van der Waals surface area contributed by atoms with Crippen LogP contribution in [0.25, 0.3) is 87.6 Å². The van der Waals surface area contributed by atoms with Gasteiger partial charge in [0.15, 0.2) is 5.84 Å². The maximum absolute atomic E-state index is 6.71. The van der Waals surface area contributed by atoms with Crippen molar-refractivity contribution in [1.29, 1.82) is 0 Å². The van der Waals surface area contributed by atoms with Crippen LogP contribution in [0.2, 0.25) is 0 Å². The van der Waals surface area contributed by atoms with Crippen molar-refractivity contribution in [2.45, 2.75) is 6.17 Å². The third-order valence-electron chi connectivity index (χ3n) is 12.1. The molecule has 0 amide bonds. The molecule has 4 nitrogen and oxygen atoms in total. The molecule has 10 aromatic carbocycles. The standard InChI is InChI=1S/C57H37N3O/c1-3-12-36(13-4-1)41-25-22-38-24-27-44(34-45(38)33-41)56-58-55(43-26-23-37-14-7-8-17-40(37)32-43)59-57(60-56)51-20-11-21-52-54(51)50-29-28-42(35-53(50)61-52)47-31-30-46(39-15-5-2-6-16-39)48-18-9-10-19-49(47)48/h1-35,57H,(H,58,59,60). The summed E-state index contributed by atoms with van der Waals surface area (Å²) in [4.78, 5) is 10.6. The minimum absolute atomic E-state index is 0.432. The maximum atomic E-state index is 6.71. The summed E-state index contributed by atoms with van der Waals surface area (Å²) in [5, 5.41) is 12.9. The molecule has 61 heavy (non-hydrogen) atoms. The van der Waals surface area contributed by atoms with Gasteiger partial charge in [0.2, 0.25) is 0 Å². The zero-order chi connectivity index (χ0) is 40.3. The van der Waals surface area contributed by atoms with Crippen LogP contribution in [0, 0.1) is 0 Å². The van der Waals surface area contributed by atoms with Gasteiger partial charge in [-0.05, 0) is 102 Å². The smallest absolute Gasteiger partial charge is 0.159 e. The summed E-state index contributed by atoms with van der Waals surface area (Å²) in [7, 11) is 0. The van der Waals surface area contributed by atoms with E-state index in [-0.39, 0.29) is 0 Å². The van der Waals surface area contributed by atoms with E-state index >= 15 is 0 Å². The molecule has 0 bridgehead atoms. The molecule has 1 aromatic heterocycles. The van der Waals surface area contributed by atoms with Crippen molar-refractivity contribution in [3.63, 3.8) is 0 Å². The minimum Gasteiger partial charge on any atom is -0.456 e. The molecule has 1 unspecified atom stereocenters. The van der Waals surface area contributed by atoms with Crippen LogP contribution in [0.4, 0.5) is 0 Å². The fourth-order valence-electron chi connectivity index (χ4n) is 9.09. The van der Waals surface area contributed by atoms with Gasteiger partial charge in [0, 0.05) is 27.5 Å². The largest absolute Gasteiger partial charge is 0.456 e. The van der Waals surface area contributed by atoms with E-state index in [1.807, 2.05) is 0 Å². The first-order valence-electron chi connectivity index (χ1n) is 20.7. The Bertz CT molecular complexity index is 3570. The summed E-state index contributed by atoms with van der Waals surface area (Å²) in [6.45, 7) is 0. The Morgan fingerprint density at radius 3 is 1.77 bits per heavy atom. The van der Waals surface area contributed by atoms with E-state index in [4.69, 9.17) is 14.4 Å². The first-order chi connectivity index (χ1) is 30.2. The predicted molar refractivity (Wildman–Crippen MR) is 254 cm³/mol. The van der Waals surface area contributed by atoms with E-state index in [2.05, 4.69) is 218 Å². The number of fused-ring (bicyclic) bond motifs is 6. The summed E-state index contributed by atoms with van der Waals surface area (Å²) in [6.07, 6.45) is -0.432. The normalized spacial score (nSPS) is 14.1. The van der Waals surface area contributed by atoms with Gasteiger partial charge < -0.3 is 9.73 Å². The molecule has 0 saturated heterocycles. The SMILES string of the molecule is c1ccc(-c2ccc3ccc(C4=NC(c5cccc6oc7cc(-c8ccc(-c9ccccc9)c9ccccc89)ccc7c56)NC(c5ccc6ccccc6c5)=N4)cc3c2)cc1. The number of hydrogen-bond donors (Lipinski definition) is 1. The summed E-state index contributed by atoms with van der Waals surface area (Å²) >= 11 is 0. The second-order valence-corrected chi connectivity index (χ2v) is 15.8. The molecule has 0 spiro atoms. The number of hydrogen-bond acceptors (Lipinski definition) is 4. The lowest BCUT2D eigenvalue weighted by Crippen LogP contribution is -2.33. The Hall–Kier alpha value is -8.08. The third-order valence-corrected chi connectivity index (χ3v) is 12.1.